The van der Waals surface area contributed by atoms with Gasteiger partial charge < -0.3 is 125 Å². The lowest BCUT2D eigenvalue weighted by Crippen LogP contribution is -2.53. The highest BCUT2D eigenvalue weighted by Crippen LogP contribution is 2.56. The number of ether oxygens (including phenoxy) is 9. The predicted octanol–water partition coefficient (Wildman–Crippen LogP) is 5.81. The number of phenols is 5. The van der Waals surface area contributed by atoms with Crippen LogP contribution in [0.15, 0.2) is 138 Å². The first kappa shape index (κ1) is 100. The molecule has 5 aliphatic carbocycles. The molecule has 4 aliphatic heterocycles. The van der Waals surface area contributed by atoms with E-state index >= 15 is 0 Å². The number of hydrogen-bond acceptors (Lipinski definition) is 35. The molecule has 12 atom stereocenters. The Hall–Kier alpha value is -12.6. The summed E-state index contributed by atoms with van der Waals surface area (Å²) in [5.41, 5.74) is 10.3. The van der Waals surface area contributed by atoms with Gasteiger partial charge >= 0.3 is 12.2 Å². The monoisotopic (exact) mass is 1870 g/mol. The van der Waals surface area contributed by atoms with Gasteiger partial charge in [-0.2, -0.15) is 0 Å². The average molecular weight is 1880 g/mol. The highest BCUT2D eigenvalue weighted by atomic mass is 35.5. The molecule has 2 amide bonds. The summed E-state index contributed by atoms with van der Waals surface area (Å²) in [4.78, 5) is 134. The first-order valence-corrected chi connectivity index (χ1v) is 43.3. The summed E-state index contributed by atoms with van der Waals surface area (Å²) < 4.78 is 49.5. The highest BCUT2D eigenvalue weighted by molar-refractivity contribution is 6.33. The second-order valence-corrected chi connectivity index (χ2v) is 33.4. The number of allylic oxidation sites excluding steroid dienone is 1. The van der Waals surface area contributed by atoms with Gasteiger partial charge in [0.1, 0.15) is 99.8 Å². The number of carbonyl (C=O) groups is 10. The highest BCUT2D eigenvalue weighted by Gasteiger charge is 2.54. The van der Waals surface area contributed by atoms with Crippen molar-refractivity contribution in [3.05, 3.63) is 222 Å². The molecule has 714 valence electrons. The fourth-order valence-corrected chi connectivity index (χ4v) is 17.5. The van der Waals surface area contributed by atoms with Crippen molar-refractivity contribution in [1.29, 1.82) is 0 Å². The van der Waals surface area contributed by atoms with Gasteiger partial charge in [0.05, 0.1) is 97.4 Å². The standard InChI is InChI=1S/2C27H29NO11.C26H29NO2.C16H20N4O6.ClH/c2*1-10-22(31)13(28)6-17(38-10)39-15-8-27(36,16(30)9-29)7-12-19(15)26(35)21-20(24(12)33)23(32)11-4-3-5-14(37-2)18(11)25(21)34;1-4-25(20-9-6-5-7-10-20)26(22-11-8-12-23(28)19-22)21-13-15-24(16-14-21)29-18-17-27(2)3;1-3-25-15(23)17-9-11(19-5-6-19)14(22)10(18-16(24)26-4-2)12(13(9)21)20-7-8-20;/h2*3-5,10,13,15,17,22,29,31,33,35-36H,6-9,28H2,1-2H3;5-16,19,28H,4,17-18H2,1-3H3;3-8H2,1-2H3,(H,17,23)(H,18,24);1H/b;;26-25+;;/t10?,13?,15-,17?,22?,27-;10-,13-,15-,17-,22+,27-;;;/m00.../s1. The Balaban J connectivity index is 0.000000163. The van der Waals surface area contributed by atoms with Gasteiger partial charge in [-0.1, -0.05) is 85.8 Å². The number of nitrogens with zero attached hydrogens (tertiary/aromatic N) is 3. The van der Waals surface area contributed by atoms with Crippen LogP contribution in [0.1, 0.15) is 182 Å². The van der Waals surface area contributed by atoms with Crippen LogP contribution in [0.4, 0.5) is 9.59 Å². The molecule has 9 aliphatic rings. The van der Waals surface area contributed by atoms with Crippen molar-refractivity contribution in [3.8, 4) is 46.0 Å². The lowest BCUT2D eigenvalue weighted by molar-refractivity contribution is -0.247. The summed E-state index contributed by atoms with van der Waals surface area (Å²) in [6, 6.07) is 33.4. The number of alkyl carbamates (subject to hydrolysis) is 2. The number of aromatic hydroxyl groups is 5. The molecule has 4 heterocycles. The maximum Gasteiger partial charge on any atom is 0.411 e. The number of carbonyl (C=O) groups excluding carboxylic acids is 10. The number of methoxy groups -OCH3 is 2. The topological polar surface area (TPSA) is 562 Å². The number of benzene rings is 7. The normalized spacial score (nSPS) is 23.6. The largest absolute Gasteiger partial charge is 0.508 e. The minimum Gasteiger partial charge on any atom is -0.508 e. The SMILES string of the molecule is CC/C(=C(/c1ccc(OCCN(C)C)cc1)c1cccc(O)c1)c1ccccc1.CCOC(=O)NC1=C(N2CC2)C(=O)C(NC(=O)OCC)=C(N2CC2)C1=O.COc1cccc2c1C(=O)c1c(O)c3c(c(O)c1C2=O)C[C@@](O)(C(=O)CO)C[C@@H]3OC1CC(N)C(O)C(C)O1.COc1cccc2c1C(=O)c1c(O)c3c(c(O)c1C2=O)C[C@@](O)(C(=O)CO)C[C@@H]3O[C@H]1C[C@H](N)[C@H](O)[C@H](C)O1.Cl. The van der Waals surface area contributed by atoms with Gasteiger partial charge in [0.15, 0.2) is 35.7 Å². The van der Waals surface area contributed by atoms with Crippen LogP contribution in [-0.4, -0.2) is 284 Å². The zero-order chi connectivity index (χ0) is 96.3. The Morgan fingerprint density at radius 3 is 1.31 bits per heavy atom. The maximum atomic E-state index is 13.6. The molecule has 0 aromatic heterocycles. The summed E-state index contributed by atoms with van der Waals surface area (Å²) in [5.74, 6) is -7.49. The number of fused-ring (bicyclic) bond motifs is 6. The van der Waals surface area contributed by atoms with Crippen molar-refractivity contribution < 1.29 is 147 Å². The number of nitrogens with one attached hydrogen (secondary N) is 2. The van der Waals surface area contributed by atoms with Gasteiger partial charge in [0, 0.05) is 117 Å². The van der Waals surface area contributed by atoms with Crippen LogP contribution in [0, 0.1) is 0 Å². The van der Waals surface area contributed by atoms with E-state index in [0.29, 0.717) is 32.8 Å². The quantitative estimate of drug-likeness (QED) is 0.0147. The van der Waals surface area contributed by atoms with Crippen LogP contribution in [0.2, 0.25) is 0 Å². The Morgan fingerprint density at radius 1 is 0.522 bits per heavy atom. The van der Waals surface area contributed by atoms with Crippen LogP contribution >= 0.6 is 12.4 Å². The molecule has 7 aromatic carbocycles. The van der Waals surface area contributed by atoms with Gasteiger partial charge in [-0.25, -0.2) is 9.59 Å². The molecule has 4 fully saturated rings. The third-order valence-corrected chi connectivity index (χ3v) is 24.4. The summed E-state index contributed by atoms with van der Waals surface area (Å²) in [6.07, 6.45) is -11.0. The third-order valence-electron chi connectivity index (χ3n) is 24.4. The average Bonchev–Trinajstić information content (AvgIpc) is 0.838. The van der Waals surface area contributed by atoms with E-state index < -0.39 is 215 Å². The van der Waals surface area contributed by atoms with Gasteiger partial charge in [-0.15, -0.1) is 12.4 Å². The van der Waals surface area contributed by atoms with E-state index in [2.05, 4.69) is 64.9 Å². The lowest BCUT2D eigenvalue weighted by atomic mass is 9.72. The van der Waals surface area contributed by atoms with Crippen molar-refractivity contribution in [2.75, 3.05) is 94.1 Å². The maximum absolute atomic E-state index is 13.6. The molecule has 134 heavy (non-hydrogen) atoms. The molecule has 0 saturated carbocycles. The fraction of sp³-hybridized carbons (Fsp3) is 0.396. The Bertz CT molecular complexity index is 5560. The number of Topliss-reactive ketones (excluding diaryl/α,β-unsaturated/α-hetero) is 4. The van der Waals surface area contributed by atoms with Crippen LogP contribution in [0.5, 0.6) is 46.0 Å². The molecule has 4 unspecified atom stereocenters. The number of halogens is 1. The van der Waals surface area contributed by atoms with Crippen LogP contribution in [0.25, 0.3) is 11.1 Å². The number of likely N-dealkylation sites (N-methyl/N-ethyl adjacent to an activating group) is 1. The Labute approximate surface area is 775 Å². The van der Waals surface area contributed by atoms with E-state index in [0.717, 1.165) is 35.4 Å². The molecular weight excluding hydrogens is 1770 g/mol. The van der Waals surface area contributed by atoms with Crippen molar-refractivity contribution in [2.24, 2.45) is 11.5 Å². The van der Waals surface area contributed by atoms with E-state index in [4.69, 9.17) is 54.1 Å². The molecule has 38 heteroatoms. The molecule has 0 radical (unpaired) electrons. The molecule has 16 rings (SSSR count). The molecule has 17 N–H and O–H groups in total. The van der Waals surface area contributed by atoms with E-state index in [1.54, 1.807) is 43.6 Å². The Morgan fingerprint density at radius 2 is 0.933 bits per heavy atom. The van der Waals surface area contributed by atoms with E-state index in [9.17, 15) is 104 Å². The van der Waals surface area contributed by atoms with Gasteiger partial charge in [-0.3, -0.25) is 49.0 Å². The number of rotatable bonds is 24. The number of amides is 2. The van der Waals surface area contributed by atoms with Crippen molar-refractivity contribution in [1.82, 2.24) is 25.3 Å². The van der Waals surface area contributed by atoms with Crippen LogP contribution in [0.3, 0.4) is 0 Å². The first-order chi connectivity index (χ1) is 63.4. The summed E-state index contributed by atoms with van der Waals surface area (Å²) in [6.45, 7) is 10.7. The number of aliphatic hydroxyl groups excluding tert-OH is 4. The summed E-state index contributed by atoms with van der Waals surface area (Å²) in [5, 5.41) is 122. The van der Waals surface area contributed by atoms with E-state index in [1.807, 2.05) is 44.4 Å². The molecule has 4 saturated heterocycles. The van der Waals surface area contributed by atoms with E-state index in [1.165, 1.54) is 61.8 Å². The second kappa shape index (κ2) is 41.9. The first-order valence-electron chi connectivity index (χ1n) is 43.3. The van der Waals surface area contributed by atoms with Gasteiger partial charge in [-0.05, 0) is 112 Å². The number of hydrogen-bond donors (Lipinski definition) is 15. The van der Waals surface area contributed by atoms with Gasteiger partial charge in [0.2, 0.25) is 23.1 Å². The van der Waals surface area contributed by atoms with Crippen molar-refractivity contribution in [3.63, 3.8) is 0 Å². The summed E-state index contributed by atoms with van der Waals surface area (Å²) in [7, 11) is 6.72. The van der Waals surface area contributed by atoms with Crippen LogP contribution < -0.4 is 36.3 Å². The number of ketones is 8. The van der Waals surface area contributed by atoms with Crippen molar-refractivity contribution >= 4 is 82.0 Å². The Kier molecular flexibility index (Phi) is 31.4. The minimum atomic E-state index is -2.24. The predicted molar refractivity (Wildman–Crippen MR) is 480 cm³/mol. The molecule has 0 spiro atoms. The molecule has 37 nitrogen and oxygen atoms in total. The molecule has 0 bridgehead atoms. The zero-order valence-electron chi connectivity index (χ0n) is 74.8. The number of phenolic OH excluding ortho intramolecular Hbond substituents is 5. The number of nitrogens with two attached hydrogens (primary N) is 2. The van der Waals surface area contributed by atoms with E-state index in [-0.39, 0.29) is 123 Å². The second-order valence-electron chi connectivity index (χ2n) is 33.4. The minimum absolute atomic E-state index is 0. The number of aliphatic hydroxyl groups is 6. The lowest BCUT2D eigenvalue weighted by Gasteiger charge is -2.42. The van der Waals surface area contributed by atoms with Crippen LogP contribution in [-0.2, 0) is 60.4 Å². The molecular formula is C96H108ClN7O30. The van der Waals surface area contributed by atoms with Gasteiger partial charge in [0.25, 0.3) is 0 Å². The zero-order valence-corrected chi connectivity index (χ0v) is 75.7. The smallest absolute Gasteiger partial charge is 0.411 e. The van der Waals surface area contributed by atoms with Crippen molar-refractivity contribution in [2.45, 2.75) is 152 Å². The summed E-state index contributed by atoms with van der Waals surface area (Å²) >= 11 is 0. The third kappa shape index (κ3) is 20.3. The molecule has 7 aromatic rings. The fourth-order valence-electron chi connectivity index (χ4n) is 17.5.